The summed E-state index contributed by atoms with van der Waals surface area (Å²) in [7, 11) is 0. The van der Waals surface area contributed by atoms with Crippen molar-refractivity contribution in [1.29, 1.82) is 0 Å². The van der Waals surface area contributed by atoms with Crippen LogP contribution in [0.3, 0.4) is 0 Å². The summed E-state index contributed by atoms with van der Waals surface area (Å²) < 4.78 is 12.5. The van der Waals surface area contributed by atoms with Gasteiger partial charge in [-0.15, -0.1) is 0 Å². The first kappa shape index (κ1) is 15.9. The standard InChI is InChI=1S/C15H31FN2/c1-5-13(4)14-11-17-15(6-2,7-3)12-18(14)10-8-9-16/h13-14,17H,5-12H2,1-4H3. The normalized spacial score (nSPS) is 26.2. The minimum atomic E-state index is -0.192. The molecule has 18 heavy (non-hydrogen) atoms. The van der Waals surface area contributed by atoms with E-state index >= 15 is 0 Å². The molecule has 0 spiro atoms. The maximum atomic E-state index is 12.5. The van der Waals surface area contributed by atoms with Gasteiger partial charge in [0.05, 0.1) is 6.67 Å². The lowest BCUT2D eigenvalue weighted by Gasteiger charge is -2.49. The number of hydrogen-bond donors (Lipinski definition) is 1. The molecule has 1 aliphatic heterocycles. The van der Waals surface area contributed by atoms with Crippen LogP contribution in [0.4, 0.5) is 4.39 Å². The maximum absolute atomic E-state index is 12.5. The van der Waals surface area contributed by atoms with Gasteiger partial charge < -0.3 is 5.32 Å². The van der Waals surface area contributed by atoms with Gasteiger partial charge in [0.1, 0.15) is 0 Å². The van der Waals surface area contributed by atoms with Gasteiger partial charge in [0.2, 0.25) is 0 Å². The van der Waals surface area contributed by atoms with E-state index in [0.29, 0.717) is 18.4 Å². The van der Waals surface area contributed by atoms with Crippen LogP contribution in [0, 0.1) is 5.92 Å². The molecule has 0 aromatic rings. The number of nitrogens with one attached hydrogen (secondary N) is 1. The van der Waals surface area contributed by atoms with E-state index in [9.17, 15) is 4.39 Å². The molecule has 3 heteroatoms. The summed E-state index contributed by atoms with van der Waals surface area (Å²) in [6.07, 6.45) is 4.19. The summed E-state index contributed by atoms with van der Waals surface area (Å²) in [5.41, 5.74) is 0.250. The predicted octanol–water partition coefficient (Wildman–Crippen LogP) is 3.22. The van der Waals surface area contributed by atoms with Crippen LogP contribution in [0.15, 0.2) is 0 Å². The summed E-state index contributed by atoms with van der Waals surface area (Å²) >= 11 is 0. The van der Waals surface area contributed by atoms with Crippen molar-refractivity contribution in [3.8, 4) is 0 Å². The first-order valence-electron chi connectivity index (χ1n) is 7.67. The lowest BCUT2D eigenvalue weighted by atomic mass is 9.85. The lowest BCUT2D eigenvalue weighted by Crippen LogP contribution is -2.65. The second kappa shape index (κ2) is 7.44. The Hall–Kier alpha value is -0.150. The molecule has 0 saturated carbocycles. The Morgan fingerprint density at radius 1 is 1.33 bits per heavy atom. The van der Waals surface area contributed by atoms with Gasteiger partial charge in [0, 0.05) is 31.2 Å². The van der Waals surface area contributed by atoms with Crippen molar-refractivity contribution < 1.29 is 4.39 Å². The molecule has 1 saturated heterocycles. The number of halogens is 1. The second-order valence-electron chi connectivity index (χ2n) is 5.83. The molecule has 2 unspecified atom stereocenters. The highest BCUT2D eigenvalue weighted by molar-refractivity contribution is 4.97. The zero-order chi connectivity index (χ0) is 13.6. The van der Waals surface area contributed by atoms with Gasteiger partial charge >= 0.3 is 0 Å². The molecule has 2 atom stereocenters. The Kier molecular flexibility index (Phi) is 6.58. The SMILES string of the molecule is CCC(C)C1CNC(CC)(CC)CN1CCCF. The van der Waals surface area contributed by atoms with E-state index < -0.39 is 0 Å². The molecule has 1 N–H and O–H groups in total. The molecular formula is C15H31FN2. The van der Waals surface area contributed by atoms with Gasteiger partial charge in [-0.1, -0.05) is 34.1 Å². The topological polar surface area (TPSA) is 15.3 Å². The van der Waals surface area contributed by atoms with Gasteiger partial charge in [-0.2, -0.15) is 0 Å². The Bertz CT molecular complexity index is 229. The van der Waals surface area contributed by atoms with Crippen molar-refractivity contribution in [2.45, 2.75) is 65.0 Å². The number of alkyl halides is 1. The number of rotatable bonds is 7. The van der Waals surface area contributed by atoms with Gasteiger partial charge in [0.15, 0.2) is 0 Å². The van der Waals surface area contributed by atoms with Crippen LogP contribution in [0.25, 0.3) is 0 Å². The molecule has 0 aliphatic carbocycles. The van der Waals surface area contributed by atoms with E-state index in [0.717, 1.165) is 32.5 Å². The monoisotopic (exact) mass is 258 g/mol. The highest BCUT2D eigenvalue weighted by Crippen LogP contribution is 2.26. The predicted molar refractivity (Wildman–Crippen MR) is 76.7 cm³/mol. The van der Waals surface area contributed by atoms with Crippen molar-refractivity contribution in [3.05, 3.63) is 0 Å². The minimum absolute atomic E-state index is 0.192. The number of nitrogens with zero attached hydrogens (tertiary/aromatic N) is 1. The van der Waals surface area contributed by atoms with E-state index in [1.54, 1.807) is 0 Å². The number of hydrogen-bond acceptors (Lipinski definition) is 2. The molecule has 0 bridgehead atoms. The highest BCUT2D eigenvalue weighted by Gasteiger charge is 2.37. The summed E-state index contributed by atoms with van der Waals surface area (Å²) in [5.74, 6) is 0.684. The van der Waals surface area contributed by atoms with Crippen LogP contribution < -0.4 is 5.32 Å². The highest BCUT2D eigenvalue weighted by atomic mass is 19.1. The van der Waals surface area contributed by atoms with Gasteiger partial charge in [-0.3, -0.25) is 9.29 Å². The molecule has 1 aliphatic rings. The van der Waals surface area contributed by atoms with E-state index in [2.05, 4.69) is 37.9 Å². The fraction of sp³-hybridized carbons (Fsp3) is 1.00. The third-order valence-corrected chi connectivity index (χ3v) is 4.89. The fourth-order valence-electron chi connectivity index (χ4n) is 3.08. The van der Waals surface area contributed by atoms with Crippen molar-refractivity contribution in [3.63, 3.8) is 0 Å². The smallest absolute Gasteiger partial charge is 0.0906 e. The first-order chi connectivity index (χ1) is 8.62. The second-order valence-corrected chi connectivity index (χ2v) is 5.83. The lowest BCUT2D eigenvalue weighted by molar-refractivity contribution is 0.0435. The molecule has 108 valence electrons. The molecule has 2 nitrogen and oxygen atoms in total. The van der Waals surface area contributed by atoms with Crippen molar-refractivity contribution in [2.75, 3.05) is 26.3 Å². The third-order valence-electron chi connectivity index (χ3n) is 4.89. The van der Waals surface area contributed by atoms with Gasteiger partial charge in [-0.25, -0.2) is 0 Å². The first-order valence-corrected chi connectivity index (χ1v) is 7.67. The van der Waals surface area contributed by atoms with Gasteiger partial charge in [0.25, 0.3) is 0 Å². The molecule has 1 heterocycles. The molecule has 1 rings (SSSR count). The van der Waals surface area contributed by atoms with Gasteiger partial charge in [-0.05, 0) is 25.2 Å². The molecule has 0 aromatic heterocycles. The van der Waals surface area contributed by atoms with Crippen molar-refractivity contribution in [1.82, 2.24) is 10.2 Å². The zero-order valence-electron chi connectivity index (χ0n) is 12.6. The Labute approximate surface area is 112 Å². The molecule has 0 radical (unpaired) electrons. The third kappa shape index (κ3) is 3.67. The summed E-state index contributed by atoms with van der Waals surface area (Å²) in [6, 6.07) is 0.577. The van der Waals surface area contributed by atoms with E-state index in [1.165, 1.54) is 6.42 Å². The Morgan fingerprint density at radius 2 is 2.00 bits per heavy atom. The average molecular weight is 258 g/mol. The minimum Gasteiger partial charge on any atom is -0.308 e. The van der Waals surface area contributed by atoms with Crippen LogP contribution >= 0.6 is 0 Å². The van der Waals surface area contributed by atoms with E-state index in [1.807, 2.05) is 0 Å². The van der Waals surface area contributed by atoms with Crippen LogP contribution in [-0.4, -0.2) is 42.8 Å². The van der Waals surface area contributed by atoms with Crippen LogP contribution in [0.2, 0.25) is 0 Å². The molecule has 1 fully saturated rings. The molecule has 0 aromatic carbocycles. The Balaban J connectivity index is 2.71. The largest absolute Gasteiger partial charge is 0.308 e. The van der Waals surface area contributed by atoms with Crippen LogP contribution in [-0.2, 0) is 0 Å². The average Bonchev–Trinajstić information content (AvgIpc) is 2.43. The van der Waals surface area contributed by atoms with Crippen LogP contribution in [0.5, 0.6) is 0 Å². The number of piperazine rings is 1. The van der Waals surface area contributed by atoms with Crippen molar-refractivity contribution in [2.24, 2.45) is 5.92 Å². The summed E-state index contributed by atoms with van der Waals surface area (Å²) in [6.45, 7) is 11.9. The van der Waals surface area contributed by atoms with Crippen LogP contribution in [0.1, 0.15) is 53.4 Å². The quantitative estimate of drug-likeness (QED) is 0.754. The summed E-state index contributed by atoms with van der Waals surface area (Å²) in [5, 5.41) is 3.77. The van der Waals surface area contributed by atoms with E-state index in [4.69, 9.17) is 0 Å². The molecular weight excluding hydrogens is 227 g/mol. The van der Waals surface area contributed by atoms with Crippen molar-refractivity contribution >= 4 is 0 Å². The fourth-order valence-corrected chi connectivity index (χ4v) is 3.08. The summed E-state index contributed by atoms with van der Waals surface area (Å²) in [4.78, 5) is 2.54. The van der Waals surface area contributed by atoms with E-state index in [-0.39, 0.29) is 12.2 Å². The Morgan fingerprint density at radius 3 is 2.50 bits per heavy atom. The zero-order valence-corrected chi connectivity index (χ0v) is 12.6. The maximum Gasteiger partial charge on any atom is 0.0906 e. The molecule has 0 amide bonds.